The van der Waals surface area contributed by atoms with Crippen molar-refractivity contribution in [1.29, 1.82) is 0 Å². The van der Waals surface area contributed by atoms with Crippen LogP contribution in [-0.4, -0.2) is 10.8 Å². The van der Waals surface area contributed by atoms with Crippen molar-refractivity contribution in [2.24, 2.45) is 0 Å². The van der Waals surface area contributed by atoms with Gasteiger partial charge in [-0.25, -0.2) is 0 Å². The SMILES string of the molecule is CC(=O)Nc1c([N+](=O)[O-])cc(C(C)(C)C)cc1C(F)(F)F. The van der Waals surface area contributed by atoms with Gasteiger partial charge in [0.2, 0.25) is 5.91 Å². The van der Waals surface area contributed by atoms with Crippen LogP contribution >= 0.6 is 0 Å². The third-order valence-corrected chi connectivity index (χ3v) is 2.79. The van der Waals surface area contributed by atoms with Crippen LogP contribution in [0, 0.1) is 10.1 Å². The maximum absolute atomic E-state index is 13.1. The first kappa shape index (κ1) is 16.9. The Balaban J connectivity index is 3.74. The summed E-state index contributed by atoms with van der Waals surface area (Å²) in [6.45, 7) is 5.92. The summed E-state index contributed by atoms with van der Waals surface area (Å²) in [5, 5.41) is 13.0. The highest BCUT2D eigenvalue weighted by atomic mass is 19.4. The average molecular weight is 304 g/mol. The molecule has 1 amide bonds. The molecule has 8 heteroatoms. The second-order valence-corrected chi connectivity index (χ2v) is 5.60. The zero-order valence-corrected chi connectivity index (χ0v) is 12.0. The molecule has 0 aliphatic carbocycles. The van der Waals surface area contributed by atoms with Gasteiger partial charge in [0.1, 0.15) is 5.69 Å². The lowest BCUT2D eigenvalue weighted by Crippen LogP contribution is -2.19. The Bertz CT molecular complexity index is 590. The summed E-state index contributed by atoms with van der Waals surface area (Å²) in [5.74, 6) is -0.813. The number of anilines is 1. The molecule has 0 saturated carbocycles. The molecule has 0 bridgehead atoms. The molecule has 1 N–H and O–H groups in total. The molecular weight excluding hydrogens is 289 g/mol. The summed E-state index contributed by atoms with van der Waals surface area (Å²) in [6, 6.07) is 1.89. The van der Waals surface area contributed by atoms with E-state index in [4.69, 9.17) is 0 Å². The molecule has 0 fully saturated rings. The molecule has 0 atom stereocenters. The van der Waals surface area contributed by atoms with Crippen LogP contribution < -0.4 is 5.32 Å². The first-order valence-corrected chi connectivity index (χ1v) is 6.01. The van der Waals surface area contributed by atoms with Gasteiger partial charge in [0.05, 0.1) is 10.5 Å². The van der Waals surface area contributed by atoms with Crippen LogP contribution in [0.1, 0.15) is 38.8 Å². The van der Waals surface area contributed by atoms with Crippen molar-refractivity contribution in [3.63, 3.8) is 0 Å². The fourth-order valence-electron chi connectivity index (χ4n) is 1.73. The molecule has 1 aromatic carbocycles. The van der Waals surface area contributed by atoms with E-state index in [9.17, 15) is 28.1 Å². The molecule has 116 valence electrons. The van der Waals surface area contributed by atoms with Crippen molar-refractivity contribution in [1.82, 2.24) is 0 Å². The highest BCUT2D eigenvalue weighted by molar-refractivity contribution is 5.92. The molecule has 0 radical (unpaired) electrons. The number of carbonyl (C=O) groups excluding carboxylic acids is 1. The minimum absolute atomic E-state index is 0.163. The molecule has 0 aliphatic heterocycles. The van der Waals surface area contributed by atoms with Crippen LogP contribution in [0.2, 0.25) is 0 Å². The normalized spacial score (nSPS) is 12.1. The number of nitro benzene ring substituents is 1. The van der Waals surface area contributed by atoms with E-state index in [-0.39, 0.29) is 5.56 Å². The smallest absolute Gasteiger partial charge is 0.320 e. The topological polar surface area (TPSA) is 72.2 Å². The molecule has 21 heavy (non-hydrogen) atoms. The van der Waals surface area contributed by atoms with Gasteiger partial charge in [0.15, 0.2) is 0 Å². The molecule has 0 aromatic heterocycles. The molecule has 5 nitrogen and oxygen atoms in total. The minimum Gasteiger partial charge on any atom is -0.320 e. The number of alkyl halides is 3. The Morgan fingerprint density at radius 2 is 1.76 bits per heavy atom. The van der Waals surface area contributed by atoms with E-state index in [0.29, 0.717) is 0 Å². The van der Waals surface area contributed by atoms with Gasteiger partial charge in [0.25, 0.3) is 5.69 Å². The Morgan fingerprint density at radius 3 is 2.10 bits per heavy atom. The number of amides is 1. The van der Waals surface area contributed by atoms with E-state index in [0.717, 1.165) is 19.1 Å². The van der Waals surface area contributed by atoms with Gasteiger partial charge in [0, 0.05) is 13.0 Å². The largest absolute Gasteiger partial charge is 0.418 e. The van der Waals surface area contributed by atoms with Crippen LogP contribution in [0.15, 0.2) is 12.1 Å². The predicted octanol–water partition coefficient (Wildman–Crippen LogP) is 3.87. The van der Waals surface area contributed by atoms with E-state index in [2.05, 4.69) is 0 Å². The fraction of sp³-hybridized carbons (Fsp3) is 0.462. The lowest BCUT2D eigenvalue weighted by atomic mass is 9.85. The average Bonchev–Trinajstić information content (AvgIpc) is 2.24. The lowest BCUT2D eigenvalue weighted by molar-refractivity contribution is -0.384. The van der Waals surface area contributed by atoms with Crippen LogP contribution in [0.25, 0.3) is 0 Å². The van der Waals surface area contributed by atoms with Crippen molar-refractivity contribution in [3.8, 4) is 0 Å². The van der Waals surface area contributed by atoms with E-state index in [1.54, 1.807) is 20.8 Å². The molecule has 0 heterocycles. The number of carbonyl (C=O) groups is 1. The lowest BCUT2D eigenvalue weighted by Gasteiger charge is -2.22. The standard InChI is InChI=1S/C13H15F3N2O3/c1-7(19)17-11-9(13(14,15)16)5-8(12(2,3)4)6-10(11)18(20)21/h5-6H,1-4H3,(H,17,19). The Labute approximate surface area is 119 Å². The van der Waals surface area contributed by atoms with Gasteiger partial charge in [-0.3, -0.25) is 14.9 Å². The summed E-state index contributed by atoms with van der Waals surface area (Å²) in [5.41, 5.74) is -3.37. The van der Waals surface area contributed by atoms with E-state index in [1.165, 1.54) is 0 Å². The van der Waals surface area contributed by atoms with Crippen LogP contribution in [0.3, 0.4) is 0 Å². The highest BCUT2D eigenvalue weighted by Gasteiger charge is 2.39. The number of nitrogens with zero attached hydrogens (tertiary/aromatic N) is 1. The minimum atomic E-state index is -4.82. The third-order valence-electron chi connectivity index (χ3n) is 2.79. The predicted molar refractivity (Wildman–Crippen MR) is 71.1 cm³/mol. The van der Waals surface area contributed by atoms with Crippen molar-refractivity contribution in [3.05, 3.63) is 33.4 Å². The van der Waals surface area contributed by atoms with Gasteiger partial charge in [-0.05, 0) is 17.0 Å². The second-order valence-electron chi connectivity index (χ2n) is 5.60. The van der Waals surface area contributed by atoms with Crippen molar-refractivity contribution >= 4 is 17.3 Å². The van der Waals surface area contributed by atoms with Gasteiger partial charge < -0.3 is 5.32 Å². The van der Waals surface area contributed by atoms with Gasteiger partial charge in [-0.15, -0.1) is 0 Å². The maximum atomic E-state index is 13.1. The van der Waals surface area contributed by atoms with Crippen molar-refractivity contribution in [2.45, 2.75) is 39.3 Å². The molecule has 0 spiro atoms. The van der Waals surface area contributed by atoms with Crippen LogP contribution in [0.5, 0.6) is 0 Å². The zero-order chi connectivity index (χ0) is 16.6. The summed E-state index contributed by atoms with van der Waals surface area (Å²) < 4.78 is 39.4. The number of rotatable bonds is 2. The fourth-order valence-corrected chi connectivity index (χ4v) is 1.73. The monoisotopic (exact) mass is 304 g/mol. The van der Waals surface area contributed by atoms with Gasteiger partial charge >= 0.3 is 6.18 Å². The molecule has 0 aliphatic rings. The third kappa shape index (κ3) is 3.93. The number of halogens is 3. The highest BCUT2D eigenvalue weighted by Crippen LogP contribution is 2.42. The molecule has 0 saturated heterocycles. The van der Waals surface area contributed by atoms with Crippen LogP contribution in [-0.2, 0) is 16.4 Å². The van der Waals surface area contributed by atoms with E-state index >= 15 is 0 Å². The van der Waals surface area contributed by atoms with Crippen molar-refractivity contribution < 1.29 is 22.9 Å². The molecule has 1 rings (SSSR count). The number of hydrogen-bond donors (Lipinski definition) is 1. The number of benzene rings is 1. The maximum Gasteiger partial charge on any atom is 0.418 e. The molecule has 1 aromatic rings. The number of nitrogens with one attached hydrogen (secondary N) is 1. The Kier molecular flexibility index (Phi) is 4.31. The molecule has 0 unspecified atom stereocenters. The number of hydrogen-bond acceptors (Lipinski definition) is 3. The Hall–Kier alpha value is -2.12. The second kappa shape index (κ2) is 5.34. The van der Waals surface area contributed by atoms with E-state index in [1.807, 2.05) is 5.32 Å². The number of nitro groups is 1. The Morgan fingerprint density at radius 1 is 1.24 bits per heavy atom. The van der Waals surface area contributed by atoms with E-state index < -0.39 is 39.4 Å². The zero-order valence-electron chi connectivity index (χ0n) is 12.0. The quantitative estimate of drug-likeness (QED) is 0.666. The van der Waals surface area contributed by atoms with Crippen molar-refractivity contribution in [2.75, 3.05) is 5.32 Å². The first-order valence-electron chi connectivity index (χ1n) is 6.01. The summed E-state index contributed by atoms with van der Waals surface area (Å²) >= 11 is 0. The van der Waals surface area contributed by atoms with Gasteiger partial charge in [-0.1, -0.05) is 20.8 Å². The summed E-state index contributed by atoms with van der Waals surface area (Å²) in [7, 11) is 0. The molecular formula is C13H15F3N2O3. The van der Waals surface area contributed by atoms with Crippen LogP contribution in [0.4, 0.5) is 24.5 Å². The summed E-state index contributed by atoms with van der Waals surface area (Å²) in [6.07, 6.45) is -4.82. The van der Waals surface area contributed by atoms with Gasteiger partial charge in [-0.2, -0.15) is 13.2 Å². The first-order chi connectivity index (χ1) is 9.34. The summed E-state index contributed by atoms with van der Waals surface area (Å²) in [4.78, 5) is 21.2.